The Morgan fingerprint density at radius 2 is 1.94 bits per heavy atom. The molecule has 5 heteroatoms. The second-order valence-electron chi connectivity index (χ2n) is 3.44. The average molecular weight is 262 g/mol. The lowest BCUT2D eigenvalue weighted by Crippen LogP contribution is -2.01. The summed E-state index contributed by atoms with van der Waals surface area (Å²) in [7, 11) is 0. The molecule has 0 amide bonds. The van der Waals surface area contributed by atoms with Crippen LogP contribution in [0.15, 0.2) is 49.7 Å². The molecule has 2 aromatic heterocycles. The van der Waals surface area contributed by atoms with Crippen molar-refractivity contribution in [3.05, 3.63) is 55.0 Å². The number of para-hydroxylation sites is 1. The summed E-state index contributed by atoms with van der Waals surface area (Å²) in [5.74, 6) is 0. The molecule has 3 nitrogen and oxygen atoms in total. The minimum atomic E-state index is -0.405. The summed E-state index contributed by atoms with van der Waals surface area (Å²) in [4.78, 5) is 23.6. The first-order valence-corrected chi connectivity index (χ1v) is 6.55. The lowest BCUT2D eigenvalue weighted by Gasteiger charge is -1.98. The van der Waals surface area contributed by atoms with E-state index in [2.05, 4.69) is 0 Å². The Labute approximate surface area is 104 Å². The minimum Gasteiger partial charge on any atom is -0.422 e. The standard InChI is InChI=1S/C12H6O3S2/c13-11-8(10-6-16-12(14)17-10)5-7-3-1-2-4-9(7)15-11/h1-6H. The Hall–Kier alpha value is -1.72. The van der Waals surface area contributed by atoms with Gasteiger partial charge in [0.05, 0.1) is 10.4 Å². The molecule has 0 atom stereocenters. The van der Waals surface area contributed by atoms with E-state index in [1.54, 1.807) is 17.5 Å². The normalized spacial score (nSPS) is 10.8. The van der Waals surface area contributed by atoms with Gasteiger partial charge in [-0.25, -0.2) is 4.79 Å². The molecule has 0 radical (unpaired) electrons. The fourth-order valence-corrected chi connectivity index (χ4v) is 3.30. The van der Waals surface area contributed by atoms with Gasteiger partial charge in [0.15, 0.2) is 0 Å². The second-order valence-corrected chi connectivity index (χ2v) is 5.55. The molecule has 0 bridgehead atoms. The number of fused-ring (bicyclic) bond motifs is 1. The molecule has 0 N–H and O–H groups in total. The highest BCUT2D eigenvalue weighted by Gasteiger charge is 2.09. The van der Waals surface area contributed by atoms with Crippen LogP contribution in [0.3, 0.4) is 0 Å². The van der Waals surface area contributed by atoms with Crippen molar-refractivity contribution >= 4 is 33.6 Å². The van der Waals surface area contributed by atoms with Crippen LogP contribution in [0.2, 0.25) is 0 Å². The van der Waals surface area contributed by atoms with Gasteiger partial charge in [-0.05, 0) is 12.1 Å². The molecule has 0 aliphatic heterocycles. The van der Waals surface area contributed by atoms with E-state index in [1.807, 2.05) is 18.2 Å². The Balaban J connectivity index is 2.33. The fraction of sp³-hybridized carbons (Fsp3) is 0. The van der Waals surface area contributed by atoms with Gasteiger partial charge in [0.2, 0.25) is 0 Å². The van der Waals surface area contributed by atoms with Crippen LogP contribution < -0.4 is 9.68 Å². The summed E-state index contributed by atoms with van der Waals surface area (Å²) in [6.07, 6.45) is 0. The molecular weight excluding hydrogens is 256 g/mol. The van der Waals surface area contributed by atoms with E-state index in [4.69, 9.17) is 4.42 Å². The van der Waals surface area contributed by atoms with Crippen LogP contribution in [0.25, 0.3) is 21.4 Å². The summed E-state index contributed by atoms with van der Waals surface area (Å²) in [6, 6.07) is 9.07. The van der Waals surface area contributed by atoms with Crippen LogP contribution in [-0.2, 0) is 0 Å². The SMILES string of the molecule is O=c1scc(-c2cc3ccccc3oc2=O)s1. The number of rotatable bonds is 1. The lowest BCUT2D eigenvalue weighted by molar-refractivity contribution is 0.564. The zero-order valence-corrected chi connectivity index (χ0v) is 10.1. The highest BCUT2D eigenvalue weighted by Crippen LogP contribution is 2.24. The van der Waals surface area contributed by atoms with Gasteiger partial charge in [-0.1, -0.05) is 40.9 Å². The first kappa shape index (κ1) is 10.4. The predicted octanol–water partition coefficient (Wildman–Crippen LogP) is 2.94. The van der Waals surface area contributed by atoms with Crippen LogP contribution in [0, 0.1) is 0 Å². The van der Waals surface area contributed by atoms with Crippen molar-refractivity contribution in [2.24, 2.45) is 0 Å². The van der Waals surface area contributed by atoms with Gasteiger partial charge in [-0.15, -0.1) is 0 Å². The molecule has 3 rings (SSSR count). The number of benzene rings is 1. The van der Waals surface area contributed by atoms with Crippen molar-refractivity contribution in [1.82, 2.24) is 0 Å². The van der Waals surface area contributed by atoms with Crippen LogP contribution in [0.1, 0.15) is 0 Å². The largest absolute Gasteiger partial charge is 0.422 e. The van der Waals surface area contributed by atoms with Crippen LogP contribution in [0.5, 0.6) is 0 Å². The monoisotopic (exact) mass is 262 g/mol. The summed E-state index contributed by atoms with van der Waals surface area (Å²) in [5.41, 5.74) is 0.605. The molecule has 0 saturated heterocycles. The van der Waals surface area contributed by atoms with Gasteiger partial charge in [0.25, 0.3) is 4.06 Å². The zero-order chi connectivity index (χ0) is 11.8. The fourth-order valence-electron chi connectivity index (χ4n) is 1.59. The number of hydrogen-bond acceptors (Lipinski definition) is 5. The zero-order valence-electron chi connectivity index (χ0n) is 8.51. The van der Waals surface area contributed by atoms with Crippen molar-refractivity contribution in [3.8, 4) is 10.4 Å². The van der Waals surface area contributed by atoms with E-state index in [0.717, 1.165) is 28.1 Å². The van der Waals surface area contributed by atoms with Crippen molar-refractivity contribution in [2.45, 2.75) is 0 Å². The maximum absolute atomic E-state index is 11.8. The average Bonchev–Trinajstić information content (AvgIpc) is 2.75. The Morgan fingerprint density at radius 3 is 2.71 bits per heavy atom. The molecule has 84 valence electrons. The van der Waals surface area contributed by atoms with E-state index in [-0.39, 0.29) is 4.06 Å². The molecule has 17 heavy (non-hydrogen) atoms. The first-order valence-electron chi connectivity index (χ1n) is 4.86. The van der Waals surface area contributed by atoms with E-state index in [9.17, 15) is 9.59 Å². The quantitative estimate of drug-likeness (QED) is 0.633. The van der Waals surface area contributed by atoms with Gasteiger partial charge in [-0.2, -0.15) is 0 Å². The van der Waals surface area contributed by atoms with Crippen LogP contribution >= 0.6 is 22.7 Å². The van der Waals surface area contributed by atoms with Crippen LogP contribution in [0.4, 0.5) is 0 Å². The highest BCUT2D eigenvalue weighted by atomic mass is 32.2. The third-order valence-corrected chi connectivity index (χ3v) is 4.32. The Kier molecular flexibility index (Phi) is 2.42. The van der Waals surface area contributed by atoms with E-state index in [0.29, 0.717) is 16.0 Å². The van der Waals surface area contributed by atoms with E-state index >= 15 is 0 Å². The Bertz CT molecular complexity index is 795. The smallest absolute Gasteiger partial charge is 0.345 e. The van der Waals surface area contributed by atoms with Crippen molar-refractivity contribution in [2.75, 3.05) is 0 Å². The highest BCUT2D eigenvalue weighted by molar-refractivity contribution is 7.28. The molecule has 0 fully saturated rings. The van der Waals surface area contributed by atoms with E-state index < -0.39 is 5.63 Å². The van der Waals surface area contributed by atoms with Gasteiger partial charge < -0.3 is 4.42 Å². The van der Waals surface area contributed by atoms with Crippen molar-refractivity contribution < 1.29 is 4.42 Å². The lowest BCUT2D eigenvalue weighted by atomic mass is 10.2. The molecule has 0 spiro atoms. The topological polar surface area (TPSA) is 47.3 Å². The van der Waals surface area contributed by atoms with Gasteiger partial charge in [-0.3, -0.25) is 4.79 Å². The molecule has 0 saturated carbocycles. The molecule has 2 heterocycles. The first-order chi connectivity index (χ1) is 8.24. The van der Waals surface area contributed by atoms with E-state index in [1.165, 1.54) is 0 Å². The van der Waals surface area contributed by atoms with Gasteiger partial charge in [0.1, 0.15) is 5.58 Å². The summed E-state index contributed by atoms with van der Waals surface area (Å²) in [5, 5.41) is 2.54. The van der Waals surface area contributed by atoms with Crippen LogP contribution in [-0.4, -0.2) is 0 Å². The van der Waals surface area contributed by atoms with Gasteiger partial charge in [0, 0.05) is 10.8 Å². The molecule has 0 aliphatic rings. The molecule has 0 unspecified atom stereocenters. The van der Waals surface area contributed by atoms with Gasteiger partial charge >= 0.3 is 5.63 Å². The summed E-state index contributed by atoms with van der Waals surface area (Å²) < 4.78 is 5.19. The van der Waals surface area contributed by atoms with Crippen molar-refractivity contribution in [1.29, 1.82) is 0 Å². The summed E-state index contributed by atoms with van der Waals surface area (Å²) >= 11 is 2.16. The maximum Gasteiger partial charge on any atom is 0.345 e. The summed E-state index contributed by atoms with van der Waals surface area (Å²) in [6.45, 7) is 0. The molecule has 3 aromatic rings. The minimum absolute atomic E-state index is 0.0208. The Morgan fingerprint density at radius 1 is 1.12 bits per heavy atom. The molecule has 1 aromatic carbocycles. The second kappa shape index (κ2) is 3.94. The maximum atomic E-state index is 11.8. The molecule has 0 aliphatic carbocycles. The number of hydrogen-bond donors (Lipinski definition) is 0. The third-order valence-electron chi connectivity index (χ3n) is 2.36. The van der Waals surface area contributed by atoms with Crippen molar-refractivity contribution in [3.63, 3.8) is 0 Å². The predicted molar refractivity (Wildman–Crippen MR) is 69.9 cm³/mol. The molecular formula is C12H6O3S2. The third kappa shape index (κ3) is 1.83.